The molecule has 1 fully saturated rings. The molecule has 1 aromatic carbocycles. The molecule has 1 nitrogen and oxygen atoms in total. The van der Waals surface area contributed by atoms with Crippen molar-refractivity contribution in [1.82, 2.24) is 5.32 Å². The number of hydrogen-bond acceptors (Lipinski definition) is 1. The lowest BCUT2D eigenvalue weighted by Crippen LogP contribution is -2.34. The summed E-state index contributed by atoms with van der Waals surface area (Å²) in [6.45, 7) is 0. The van der Waals surface area contributed by atoms with Crippen molar-refractivity contribution in [2.45, 2.75) is 38.1 Å². The molecule has 0 spiro atoms. The smallest absolute Gasteiger partial charge is 0.141 e. The molecule has 94 valence electrons. The zero-order valence-corrected chi connectivity index (χ0v) is 10.9. The van der Waals surface area contributed by atoms with E-state index in [-0.39, 0.29) is 10.8 Å². The SMILES string of the molecule is CNC(Cc1ccc(F)c(Cl)c1)C1CCCC1. The van der Waals surface area contributed by atoms with Gasteiger partial charge in [0.2, 0.25) is 0 Å². The third kappa shape index (κ3) is 3.20. The minimum Gasteiger partial charge on any atom is -0.316 e. The monoisotopic (exact) mass is 255 g/mol. The molecule has 2 rings (SSSR count). The van der Waals surface area contributed by atoms with E-state index in [1.54, 1.807) is 6.07 Å². The van der Waals surface area contributed by atoms with Crippen molar-refractivity contribution in [1.29, 1.82) is 0 Å². The van der Waals surface area contributed by atoms with Crippen molar-refractivity contribution >= 4 is 11.6 Å². The van der Waals surface area contributed by atoms with Gasteiger partial charge in [-0.1, -0.05) is 30.5 Å². The minimum absolute atomic E-state index is 0.226. The third-order valence-corrected chi connectivity index (χ3v) is 4.07. The van der Waals surface area contributed by atoms with Gasteiger partial charge in [-0.3, -0.25) is 0 Å². The summed E-state index contributed by atoms with van der Waals surface area (Å²) in [6, 6.07) is 5.52. The van der Waals surface area contributed by atoms with Crippen LogP contribution < -0.4 is 5.32 Å². The van der Waals surface area contributed by atoms with Crippen molar-refractivity contribution in [3.63, 3.8) is 0 Å². The first kappa shape index (κ1) is 12.8. The van der Waals surface area contributed by atoms with Gasteiger partial charge in [0, 0.05) is 6.04 Å². The van der Waals surface area contributed by atoms with Gasteiger partial charge in [0.1, 0.15) is 5.82 Å². The molecule has 0 aromatic heterocycles. The molecule has 3 heteroatoms. The van der Waals surface area contributed by atoms with E-state index in [2.05, 4.69) is 5.32 Å². The van der Waals surface area contributed by atoms with Crippen LogP contribution in [-0.2, 0) is 6.42 Å². The Morgan fingerprint density at radius 3 is 2.71 bits per heavy atom. The average molecular weight is 256 g/mol. The molecule has 0 heterocycles. The lowest BCUT2D eigenvalue weighted by Gasteiger charge is -2.23. The fraction of sp³-hybridized carbons (Fsp3) is 0.571. The molecule has 17 heavy (non-hydrogen) atoms. The predicted octanol–water partition coefficient (Wildman–Crippen LogP) is 3.80. The Hall–Kier alpha value is -0.600. The van der Waals surface area contributed by atoms with Crippen LogP contribution in [0.3, 0.4) is 0 Å². The van der Waals surface area contributed by atoms with Crippen LogP contribution in [0.25, 0.3) is 0 Å². The van der Waals surface area contributed by atoms with Gasteiger partial charge in [0.05, 0.1) is 5.02 Å². The van der Waals surface area contributed by atoms with Gasteiger partial charge in [-0.2, -0.15) is 0 Å². The molecule has 0 aliphatic heterocycles. The summed E-state index contributed by atoms with van der Waals surface area (Å²) in [5, 5.41) is 3.62. The van der Waals surface area contributed by atoms with Crippen LogP contribution in [0.2, 0.25) is 5.02 Å². The molecule has 1 unspecified atom stereocenters. The maximum absolute atomic E-state index is 13.1. The Morgan fingerprint density at radius 1 is 1.41 bits per heavy atom. The molecule has 0 amide bonds. The molecule has 0 saturated heterocycles. The van der Waals surface area contributed by atoms with E-state index in [4.69, 9.17) is 11.6 Å². The number of rotatable bonds is 4. The van der Waals surface area contributed by atoms with Crippen molar-refractivity contribution in [2.75, 3.05) is 7.05 Å². The van der Waals surface area contributed by atoms with Gasteiger partial charge in [0.15, 0.2) is 0 Å². The Labute approximate surface area is 107 Å². The van der Waals surface area contributed by atoms with E-state index in [1.165, 1.54) is 31.7 Å². The Morgan fingerprint density at radius 2 is 2.12 bits per heavy atom. The van der Waals surface area contributed by atoms with Gasteiger partial charge in [-0.05, 0) is 49.9 Å². The van der Waals surface area contributed by atoms with E-state index in [1.807, 2.05) is 13.1 Å². The molecule has 1 saturated carbocycles. The molecule has 0 radical (unpaired) electrons. The highest BCUT2D eigenvalue weighted by Crippen LogP contribution is 2.29. The van der Waals surface area contributed by atoms with Crippen LogP contribution >= 0.6 is 11.6 Å². The Balaban J connectivity index is 2.04. The predicted molar refractivity (Wildman–Crippen MR) is 69.9 cm³/mol. The topological polar surface area (TPSA) is 12.0 Å². The first-order chi connectivity index (χ1) is 8.20. The fourth-order valence-corrected chi connectivity index (χ4v) is 2.99. The zero-order valence-electron chi connectivity index (χ0n) is 10.2. The number of nitrogens with one attached hydrogen (secondary N) is 1. The normalized spacial score (nSPS) is 18.5. The molecule has 1 atom stereocenters. The first-order valence-corrected chi connectivity index (χ1v) is 6.69. The largest absolute Gasteiger partial charge is 0.316 e. The summed E-state index contributed by atoms with van der Waals surface area (Å²) in [6.07, 6.45) is 6.22. The fourth-order valence-electron chi connectivity index (χ4n) is 2.78. The second-order valence-electron chi connectivity index (χ2n) is 4.89. The van der Waals surface area contributed by atoms with E-state index < -0.39 is 0 Å². The van der Waals surface area contributed by atoms with Gasteiger partial charge in [0.25, 0.3) is 0 Å². The summed E-state index contributed by atoms with van der Waals surface area (Å²) < 4.78 is 13.1. The van der Waals surface area contributed by atoms with Gasteiger partial charge >= 0.3 is 0 Å². The van der Waals surface area contributed by atoms with Gasteiger partial charge < -0.3 is 5.32 Å². The highest BCUT2D eigenvalue weighted by molar-refractivity contribution is 6.30. The quantitative estimate of drug-likeness (QED) is 0.863. The molecule has 1 aliphatic carbocycles. The number of benzene rings is 1. The highest BCUT2D eigenvalue weighted by Gasteiger charge is 2.23. The van der Waals surface area contributed by atoms with Crippen LogP contribution in [0.4, 0.5) is 4.39 Å². The average Bonchev–Trinajstić information content (AvgIpc) is 2.84. The molecule has 0 bridgehead atoms. The summed E-state index contributed by atoms with van der Waals surface area (Å²) >= 11 is 5.80. The van der Waals surface area contributed by atoms with E-state index in [0.717, 1.165) is 17.9 Å². The number of hydrogen-bond donors (Lipinski definition) is 1. The van der Waals surface area contributed by atoms with E-state index >= 15 is 0 Å². The standard InChI is InChI=1S/C14H19ClFN/c1-17-14(11-4-2-3-5-11)9-10-6-7-13(16)12(15)8-10/h6-8,11,14,17H,2-5,9H2,1H3. The van der Waals surface area contributed by atoms with Crippen molar-refractivity contribution in [3.8, 4) is 0 Å². The second-order valence-corrected chi connectivity index (χ2v) is 5.30. The van der Waals surface area contributed by atoms with Crippen molar-refractivity contribution < 1.29 is 4.39 Å². The van der Waals surface area contributed by atoms with E-state index in [9.17, 15) is 4.39 Å². The molecular weight excluding hydrogens is 237 g/mol. The lowest BCUT2D eigenvalue weighted by molar-refractivity contribution is 0.377. The van der Waals surface area contributed by atoms with Crippen molar-refractivity contribution in [2.24, 2.45) is 5.92 Å². The van der Waals surface area contributed by atoms with E-state index in [0.29, 0.717) is 6.04 Å². The zero-order chi connectivity index (χ0) is 12.3. The van der Waals surface area contributed by atoms with Crippen LogP contribution in [0, 0.1) is 11.7 Å². The van der Waals surface area contributed by atoms with Crippen LogP contribution in [0.1, 0.15) is 31.2 Å². The maximum Gasteiger partial charge on any atom is 0.141 e. The molecular formula is C14H19ClFN. The van der Waals surface area contributed by atoms with Gasteiger partial charge in [-0.15, -0.1) is 0 Å². The van der Waals surface area contributed by atoms with Crippen LogP contribution in [-0.4, -0.2) is 13.1 Å². The summed E-state index contributed by atoms with van der Waals surface area (Å²) in [4.78, 5) is 0. The summed E-state index contributed by atoms with van der Waals surface area (Å²) in [5.41, 5.74) is 1.11. The van der Waals surface area contributed by atoms with Crippen LogP contribution in [0.15, 0.2) is 18.2 Å². The maximum atomic E-state index is 13.1. The first-order valence-electron chi connectivity index (χ1n) is 6.32. The summed E-state index contributed by atoms with van der Waals surface area (Å²) in [5.74, 6) is 0.418. The highest BCUT2D eigenvalue weighted by atomic mass is 35.5. The number of likely N-dealkylation sites (N-methyl/N-ethyl adjacent to an activating group) is 1. The lowest BCUT2D eigenvalue weighted by atomic mass is 9.92. The summed E-state index contributed by atoms with van der Waals surface area (Å²) in [7, 11) is 2.01. The van der Waals surface area contributed by atoms with Crippen LogP contribution in [0.5, 0.6) is 0 Å². The number of halogens is 2. The minimum atomic E-state index is -0.336. The third-order valence-electron chi connectivity index (χ3n) is 3.78. The molecule has 1 aromatic rings. The van der Waals surface area contributed by atoms with Crippen molar-refractivity contribution in [3.05, 3.63) is 34.6 Å². The second kappa shape index (κ2) is 5.83. The molecule has 1 aliphatic rings. The van der Waals surface area contributed by atoms with Gasteiger partial charge in [-0.25, -0.2) is 4.39 Å². The Kier molecular flexibility index (Phi) is 4.41. The molecule has 1 N–H and O–H groups in total. The Bertz CT molecular complexity index is 374.